The first-order chi connectivity index (χ1) is 14.7. The highest BCUT2D eigenvalue weighted by molar-refractivity contribution is 6.42. The number of imide groups is 1. The number of fused-ring (bicyclic) bond motifs is 1. The van der Waals surface area contributed by atoms with Crippen molar-refractivity contribution in [1.29, 1.82) is 0 Å². The average Bonchev–Trinajstić information content (AvgIpc) is 3.09. The summed E-state index contributed by atoms with van der Waals surface area (Å²) in [7, 11) is 1.73. The summed E-state index contributed by atoms with van der Waals surface area (Å²) in [5, 5.41) is 7.19. The van der Waals surface area contributed by atoms with E-state index in [0.29, 0.717) is 16.0 Å². The van der Waals surface area contributed by atoms with E-state index in [2.05, 4.69) is 39.2 Å². The normalized spacial score (nSPS) is 28.3. The van der Waals surface area contributed by atoms with Gasteiger partial charge in [0.25, 0.3) is 0 Å². The van der Waals surface area contributed by atoms with Gasteiger partial charge in [0.05, 0.1) is 10.0 Å². The maximum atomic E-state index is 12.7. The van der Waals surface area contributed by atoms with Crippen LogP contribution in [-0.2, 0) is 11.3 Å². The SMILES string of the molecule is CC(C)CN1C2C(=O)NC(=O)N(C)C2NC1N1CCN(Cc2ccc(Cl)c(Cl)c2)CC1. The Hall–Kier alpha value is -1.42. The summed E-state index contributed by atoms with van der Waals surface area (Å²) in [6, 6.07) is 5.04. The molecule has 3 saturated heterocycles. The van der Waals surface area contributed by atoms with E-state index in [1.165, 1.54) is 0 Å². The molecule has 2 N–H and O–H groups in total. The Labute approximate surface area is 193 Å². The number of halogens is 2. The topological polar surface area (TPSA) is 71.2 Å². The second kappa shape index (κ2) is 9.21. The molecule has 0 aromatic heterocycles. The lowest BCUT2D eigenvalue weighted by Gasteiger charge is -2.42. The molecule has 3 heterocycles. The predicted octanol–water partition coefficient (Wildman–Crippen LogP) is 1.83. The Morgan fingerprint density at radius 2 is 1.81 bits per heavy atom. The van der Waals surface area contributed by atoms with Crippen LogP contribution in [0.25, 0.3) is 0 Å². The number of benzene rings is 1. The second-order valence-electron chi connectivity index (χ2n) is 8.99. The van der Waals surface area contributed by atoms with Gasteiger partial charge in [-0.15, -0.1) is 0 Å². The Morgan fingerprint density at radius 1 is 1.10 bits per heavy atom. The Balaban J connectivity index is 1.43. The minimum absolute atomic E-state index is 0.0800. The van der Waals surface area contributed by atoms with E-state index in [9.17, 15) is 9.59 Å². The van der Waals surface area contributed by atoms with Crippen molar-refractivity contribution in [2.24, 2.45) is 5.92 Å². The van der Waals surface area contributed by atoms with Gasteiger partial charge in [-0.2, -0.15) is 0 Å². The lowest BCUT2D eigenvalue weighted by atomic mass is 10.1. The standard InChI is InChI=1S/C21H30Cl2N6O2/c1-13(2)11-29-17-18(26(3)21(31)25-19(17)30)24-20(29)28-8-6-27(7-9-28)12-14-4-5-15(22)16(23)10-14/h4-5,10,13,17-18,20,24H,6-9,11-12H2,1-3H3,(H,25,30,31). The van der Waals surface area contributed by atoms with E-state index < -0.39 is 0 Å². The number of hydrogen-bond donors (Lipinski definition) is 2. The van der Waals surface area contributed by atoms with Crippen LogP contribution >= 0.6 is 23.2 Å². The number of nitrogens with zero attached hydrogens (tertiary/aromatic N) is 4. The van der Waals surface area contributed by atoms with Crippen molar-refractivity contribution in [1.82, 2.24) is 30.2 Å². The monoisotopic (exact) mass is 468 g/mol. The molecule has 0 saturated carbocycles. The number of amides is 3. The molecule has 170 valence electrons. The molecular weight excluding hydrogens is 439 g/mol. The molecule has 3 atom stereocenters. The van der Waals surface area contributed by atoms with Gasteiger partial charge in [0.2, 0.25) is 5.91 Å². The van der Waals surface area contributed by atoms with Gasteiger partial charge in [-0.05, 0) is 23.6 Å². The molecule has 1 aromatic carbocycles. The molecule has 3 aliphatic heterocycles. The van der Waals surface area contributed by atoms with Crippen LogP contribution in [0, 0.1) is 5.92 Å². The van der Waals surface area contributed by atoms with Crippen molar-refractivity contribution in [3.05, 3.63) is 33.8 Å². The minimum Gasteiger partial charge on any atom is -0.310 e. The van der Waals surface area contributed by atoms with Gasteiger partial charge in [0, 0.05) is 46.3 Å². The summed E-state index contributed by atoms with van der Waals surface area (Å²) in [6.07, 6.45) is -0.400. The lowest BCUT2D eigenvalue weighted by Crippen LogP contribution is -2.65. The summed E-state index contributed by atoms with van der Waals surface area (Å²) < 4.78 is 0. The van der Waals surface area contributed by atoms with Crippen LogP contribution in [0.1, 0.15) is 19.4 Å². The van der Waals surface area contributed by atoms with Crippen LogP contribution in [0.15, 0.2) is 18.2 Å². The van der Waals surface area contributed by atoms with Crippen molar-refractivity contribution in [3.63, 3.8) is 0 Å². The van der Waals surface area contributed by atoms with Crippen molar-refractivity contribution in [2.45, 2.75) is 38.9 Å². The molecule has 0 spiro atoms. The third kappa shape index (κ3) is 4.69. The highest BCUT2D eigenvalue weighted by atomic mass is 35.5. The fourth-order valence-corrected chi connectivity index (χ4v) is 5.02. The van der Waals surface area contributed by atoms with Gasteiger partial charge in [-0.25, -0.2) is 4.79 Å². The Morgan fingerprint density at radius 3 is 2.45 bits per heavy atom. The molecule has 3 unspecified atom stereocenters. The smallest absolute Gasteiger partial charge is 0.310 e. The van der Waals surface area contributed by atoms with Crippen molar-refractivity contribution < 1.29 is 9.59 Å². The van der Waals surface area contributed by atoms with Crippen molar-refractivity contribution >= 4 is 35.1 Å². The molecule has 0 radical (unpaired) electrons. The molecular formula is C21H30Cl2N6O2. The number of rotatable bonds is 5. The average molecular weight is 469 g/mol. The molecule has 0 aliphatic carbocycles. The van der Waals surface area contributed by atoms with E-state index in [1.54, 1.807) is 11.9 Å². The number of carbonyl (C=O) groups excluding carboxylic acids is 2. The fraction of sp³-hybridized carbons (Fsp3) is 0.619. The number of urea groups is 1. The third-order valence-electron chi connectivity index (χ3n) is 6.25. The van der Waals surface area contributed by atoms with Crippen molar-refractivity contribution in [2.75, 3.05) is 39.8 Å². The van der Waals surface area contributed by atoms with E-state index >= 15 is 0 Å². The van der Waals surface area contributed by atoms with Crippen LogP contribution in [0.3, 0.4) is 0 Å². The molecule has 31 heavy (non-hydrogen) atoms. The van der Waals surface area contributed by atoms with Gasteiger partial charge in [0.1, 0.15) is 18.5 Å². The maximum Gasteiger partial charge on any atom is 0.325 e. The fourth-order valence-electron chi connectivity index (χ4n) is 4.70. The first kappa shape index (κ1) is 22.8. The zero-order valence-electron chi connectivity index (χ0n) is 18.1. The van der Waals surface area contributed by atoms with Gasteiger partial charge in [0.15, 0.2) is 0 Å². The molecule has 1 aromatic rings. The Bertz CT molecular complexity index is 845. The van der Waals surface area contributed by atoms with Crippen molar-refractivity contribution in [3.8, 4) is 0 Å². The number of carbonyl (C=O) groups is 2. The first-order valence-corrected chi connectivity index (χ1v) is 11.5. The largest absolute Gasteiger partial charge is 0.325 e. The maximum absolute atomic E-state index is 12.7. The van der Waals surface area contributed by atoms with Crippen LogP contribution in [0.5, 0.6) is 0 Å². The summed E-state index contributed by atoms with van der Waals surface area (Å²) >= 11 is 12.2. The number of piperazine rings is 1. The molecule has 3 aliphatic rings. The predicted molar refractivity (Wildman–Crippen MR) is 121 cm³/mol. The highest BCUT2D eigenvalue weighted by Gasteiger charge is 2.52. The van der Waals surface area contributed by atoms with Crippen LogP contribution < -0.4 is 10.6 Å². The quantitative estimate of drug-likeness (QED) is 0.686. The molecule has 4 rings (SSSR count). The first-order valence-electron chi connectivity index (χ1n) is 10.7. The number of likely N-dealkylation sites (N-methyl/N-ethyl adjacent to an activating group) is 1. The summed E-state index contributed by atoms with van der Waals surface area (Å²) in [5.74, 6) is 0.178. The summed E-state index contributed by atoms with van der Waals surface area (Å²) in [6.45, 7) is 9.44. The zero-order valence-corrected chi connectivity index (χ0v) is 19.7. The molecule has 3 fully saturated rings. The molecule has 10 heteroatoms. The van der Waals surface area contributed by atoms with E-state index in [-0.39, 0.29) is 30.4 Å². The van der Waals surface area contributed by atoms with E-state index in [0.717, 1.165) is 44.8 Å². The van der Waals surface area contributed by atoms with E-state index in [4.69, 9.17) is 23.2 Å². The molecule has 3 amide bonds. The van der Waals surface area contributed by atoms with Crippen LogP contribution in [0.4, 0.5) is 4.79 Å². The summed E-state index contributed by atoms with van der Waals surface area (Å²) in [5.41, 5.74) is 1.14. The Kier molecular flexibility index (Phi) is 6.76. The van der Waals surface area contributed by atoms with Gasteiger partial charge >= 0.3 is 6.03 Å². The third-order valence-corrected chi connectivity index (χ3v) is 6.98. The van der Waals surface area contributed by atoms with E-state index in [1.807, 2.05) is 18.2 Å². The lowest BCUT2D eigenvalue weighted by molar-refractivity contribution is -0.129. The van der Waals surface area contributed by atoms with Gasteiger partial charge in [-0.3, -0.25) is 30.1 Å². The summed E-state index contributed by atoms with van der Waals surface area (Å²) in [4.78, 5) is 33.4. The highest BCUT2D eigenvalue weighted by Crippen LogP contribution is 2.27. The number of nitrogens with one attached hydrogen (secondary N) is 2. The molecule has 8 nitrogen and oxygen atoms in total. The minimum atomic E-state index is -0.385. The molecule has 0 bridgehead atoms. The zero-order chi connectivity index (χ0) is 22.3. The second-order valence-corrected chi connectivity index (χ2v) is 9.80. The van der Waals surface area contributed by atoms with Crippen LogP contribution in [0.2, 0.25) is 10.0 Å². The van der Waals surface area contributed by atoms with Gasteiger partial charge in [-0.1, -0.05) is 43.1 Å². The number of hydrogen-bond acceptors (Lipinski definition) is 6. The van der Waals surface area contributed by atoms with Crippen LogP contribution in [-0.4, -0.2) is 89.8 Å². The van der Waals surface area contributed by atoms with Gasteiger partial charge < -0.3 is 4.90 Å².